The predicted molar refractivity (Wildman–Crippen MR) is 66.0 cm³/mol. The molecule has 0 aliphatic heterocycles. The number of aromatic nitrogens is 1. The maximum absolute atomic E-state index is 5.65. The van der Waals surface area contributed by atoms with E-state index in [4.69, 9.17) is 15.2 Å². The van der Waals surface area contributed by atoms with E-state index in [1.54, 1.807) is 25.4 Å². The molecule has 0 aliphatic rings. The SMILES string of the molecule is COc1ccc(OCc2cc(N)ccn2)cc1. The third-order valence-electron chi connectivity index (χ3n) is 2.29. The van der Waals surface area contributed by atoms with E-state index < -0.39 is 0 Å². The summed E-state index contributed by atoms with van der Waals surface area (Å²) in [5.41, 5.74) is 7.15. The molecule has 0 unspecified atom stereocenters. The van der Waals surface area contributed by atoms with Gasteiger partial charge in [0, 0.05) is 11.9 Å². The van der Waals surface area contributed by atoms with Crippen LogP contribution in [0.5, 0.6) is 11.5 Å². The van der Waals surface area contributed by atoms with Gasteiger partial charge in [-0.1, -0.05) is 0 Å². The van der Waals surface area contributed by atoms with Crippen molar-refractivity contribution in [2.45, 2.75) is 6.61 Å². The number of hydrogen-bond donors (Lipinski definition) is 1. The molecule has 88 valence electrons. The van der Waals surface area contributed by atoms with Crippen molar-refractivity contribution < 1.29 is 9.47 Å². The zero-order chi connectivity index (χ0) is 12.1. The van der Waals surface area contributed by atoms with Crippen molar-refractivity contribution in [1.29, 1.82) is 0 Å². The first kappa shape index (κ1) is 11.3. The Bertz CT molecular complexity index is 483. The van der Waals surface area contributed by atoms with Crippen LogP contribution in [0.15, 0.2) is 42.6 Å². The van der Waals surface area contributed by atoms with Gasteiger partial charge in [-0.05, 0) is 36.4 Å². The fraction of sp³-hybridized carbons (Fsp3) is 0.154. The van der Waals surface area contributed by atoms with Gasteiger partial charge in [0.05, 0.1) is 12.8 Å². The second kappa shape index (κ2) is 5.21. The lowest BCUT2D eigenvalue weighted by molar-refractivity contribution is 0.300. The molecule has 2 rings (SSSR count). The van der Waals surface area contributed by atoms with Gasteiger partial charge in [-0.15, -0.1) is 0 Å². The Balaban J connectivity index is 1.97. The highest BCUT2D eigenvalue weighted by molar-refractivity contribution is 5.37. The molecular formula is C13H14N2O2. The minimum atomic E-state index is 0.400. The molecule has 4 nitrogen and oxygen atoms in total. The Morgan fingerprint density at radius 2 is 1.82 bits per heavy atom. The zero-order valence-corrected chi connectivity index (χ0v) is 9.59. The number of hydrogen-bond acceptors (Lipinski definition) is 4. The smallest absolute Gasteiger partial charge is 0.130 e. The molecule has 0 spiro atoms. The fourth-order valence-corrected chi connectivity index (χ4v) is 1.41. The monoisotopic (exact) mass is 230 g/mol. The summed E-state index contributed by atoms with van der Waals surface area (Å²) in [6, 6.07) is 10.9. The second-order valence-corrected chi connectivity index (χ2v) is 3.54. The quantitative estimate of drug-likeness (QED) is 0.875. The van der Waals surface area contributed by atoms with E-state index >= 15 is 0 Å². The molecule has 4 heteroatoms. The maximum atomic E-state index is 5.65. The average Bonchev–Trinajstić information content (AvgIpc) is 2.37. The number of rotatable bonds is 4. The van der Waals surface area contributed by atoms with Crippen LogP contribution >= 0.6 is 0 Å². The summed E-state index contributed by atoms with van der Waals surface area (Å²) in [7, 11) is 1.63. The minimum Gasteiger partial charge on any atom is -0.497 e. The largest absolute Gasteiger partial charge is 0.497 e. The van der Waals surface area contributed by atoms with Crippen LogP contribution in [0.1, 0.15) is 5.69 Å². The molecule has 0 bridgehead atoms. The van der Waals surface area contributed by atoms with Crippen molar-refractivity contribution in [3.63, 3.8) is 0 Å². The highest BCUT2D eigenvalue weighted by atomic mass is 16.5. The molecule has 0 saturated heterocycles. The third kappa shape index (κ3) is 3.11. The van der Waals surface area contributed by atoms with Gasteiger partial charge in [0.2, 0.25) is 0 Å². The Labute approximate surface area is 100 Å². The number of nitrogen functional groups attached to an aromatic ring is 1. The molecular weight excluding hydrogens is 216 g/mol. The molecule has 2 aromatic rings. The van der Waals surface area contributed by atoms with Gasteiger partial charge in [0.25, 0.3) is 0 Å². The summed E-state index contributed by atoms with van der Waals surface area (Å²) in [5.74, 6) is 1.58. The van der Waals surface area contributed by atoms with E-state index in [2.05, 4.69) is 4.98 Å². The summed E-state index contributed by atoms with van der Waals surface area (Å²) in [6.45, 7) is 0.400. The first-order chi connectivity index (χ1) is 8.28. The first-order valence-electron chi connectivity index (χ1n) is 5.25. The molecule has 0 aliphatic carbocycles. The van der Waals surface area contributed by atoms with Crippen molar-refractivity contribution >= 4 is 5.69 Å². The molecule has 17 heavy (non-hydrogen) atoms. The third-order valence-corrected chi connectivity index (χ3v) is 2.29. The van der Waals surface area contributed by atoms with Crippen molar-refractivity contribution in [2.24, 2.45) is 0 Å². The van der Waals surface area contributed by atoms with Crippen LogP contribution in [0.4, 0.5) is 5.69 Å². The highest BCUT2D eigenvalue weighted by Crippen LogP contribution is 2.18. The van der Waals surface area contributed by atoms with Gasteiger partial charge in [-0.2, -0.15) is 0 Å². The van der Waals surface area contributed by atoms with E-state index in [1.807, 2.05) is 24.3 Å². The van der Waals surface area contributed by atoms with Crippen molar-refractivity contribution in [3.8, 4) is 11.5 Å². The van der Waals surface area contributed by atoms with Crippen molar-refractivity contribution in [1.82, 2.24) is 4.98 Å². The van der Waals surface area contributed by atoms with Gasteiger partial charge in [-0.25, -0.2) is 0 Å². The number of pyridine rings is 1. The summed E-state index contributed by atoms with van der Waals surface area (Å²) in [6.07, 6.45) is 1.67. The van der Waals surface area contributed by atoms with E-state index in [0.29, 0.717) is 12.3 Å². The lowest BCUT2D eigenvalue weighted by Gasteiger charge is -2.06. The number of methoxy groups -OCH3 is 1. The minimum absolute atomic E-state index is 0.400. The second-order valence-electron chi connectivity index (χ2n) is 3.54. The Morgan fingerprint density at radius 1 is 1.12 bits per heavy atom. The molecule has 0 radical (unpaired) electrons. The lowest BCUT2D eigenvalue weighted by atomic mass is 10.3. The molecule has 2 N–H and O–H groups in total. The van der Waals surface area contributed by atoms with E-state index in [0.717, 1.165) is 17.2 Å². The zero-order valence-electron chi connectivity index (χ0n) is 9.59. The average molecular weight is 230 g/mol. The van der Waals surface area contributed by atoms with Crippen LogP contribution in [0.3, 0.4) is 0 Å². The maximum Gasteiger partial charge on any atom is 0.130 e. The summed E-state index contributed by atoms with van der Waals surface area (Å²) in [5, 5.41) is 0. The topological polar surface area (TPSA) is 57.4 Å². The molecule has 1 heterocycles. The summed E-state index contributed by atoms with van der Waals surface area (Å²) < 4.78 is 10.6. The lowest BCUT2D eigenvalue weighted by Crippen LogP contribution is -1.99. The Kier molecular flexibility index (Phi) is 3.45. The predicted octanol–water partition coefficient (Wildman–Crippen LogP) is 2.25. The Morgan fingerprint density at radius 3 is 2.47 bits per heavy atom. The standard InChI is InChI=1S/C13H14N2O2/c1-16-12-2-4-13(5-3-12)17-9-11-8-10(14)6-7-15-11/h2-8H,9H2,1H3,(H2,14,15). The first-order valence-corrected chi connectivity index (χ1v) is 5.25. The van der Waals surface area contributed by atoms with Crippen LogP contribution in [0, 0.1) is 0 Å². The van der Waals surface area contributed by atoms with Crippen molar-refractivity contribution in [2.75, 3.05) is 12.8 Å². The van der Waals surface area contributed by atoms with Crippen LogP contribution in [0.25, 0.3) is 0 Å². The molecule has 1 aromatic heterocycles. The number of nitrogens with two attached hydrogens (primary N) is 1. The molecule has 0 saturated carbocycles. The van der Waals surface area contributed by atoms with Gasteiger partial charge >= 0.3 is 0 Å². The van der Waals surface area contributed by atoms with Crippen LogP contribution in [-0.2, 0) is 6.61 Å². The van der Waals surface area contributed by atoms with Gasteiger partial charge < -0.3 is 15.2 Å². The van der Waals surface area contributed by atoms with Gasteiger partial charge in [0.15, 0.2) is 0 Å². The van der Waals surface area contributed by atoms with E-state index in [9.17, 15) is 0 Å². The van der Waals surface area contributed by atoms with Gasteiger partial charge in [-0.3, -0.25) is 4.98 Å². The van der Waals surface area contributed by atoms with E-state index in [1.165, 1.54) is 0 Å². The van der Waals surface area contributed by atoms with Crippen LogP contribution in [-0.4, -0.2) is 12.1 Å². The normalized spacial score (nSPS) is 9.94. The number of anilines is 1. The number of ether oxygens (including phenoxy) is 2. The van der Waals surface area contributed by atoms with E-state index in [-0.39, 0.29) is 0 Å². The Hall–Kier alpha value is -2.23. The molecule has 0 fully saturated rings. The van der Waals surface area contributed by atoms with Crippen LogP contribution in [0.2, 0.25) is 0 Å². The molecule has 0 atom stereocenters. The van der Waals surface area contributed by atoms with Gasteiger partial charge in [0.1, 0.15) is 18.1 Å². The van der Waals surface area contributed by atoms with Crippen molar-refractivity contribution in [3.05, 3.63) is 48.3 Å². The van der Waals surface area contributed by atoms with Crippen LogP contribution < -0.4 is 15.2 Å². The number of benzene rings is 1. The summed E-state index contributed by atoms with van der Waals surface area (Å²) >= 11 is 0. The molecule has 1 aromatic carbocycles. The highest BCUT2D eigenvalue weighted by Gasteiger charge is 1.98. The molecule has 0 amide bonds. The number of nitrogens with zero attached hydrogens (tertiary/aromatic N) is 1. The fourth-order valence-electron chi connectivity index (χ4n) is 1.41. The summed E-state index contributed by atoms with van der Waals surface area (Å²) in [4.78, 5) is 4.16.